The van der Waals surface area contributed by atoms with Gasteiger partial charge in [0, 0.05) is 7.11 Å². The molecule has 0 aromatic rings. The second kappa shape index (κ2) is 4.24. The van der Waals surface area contributed by atoms with Gasteiger partial charge in [0.05, 0.1) is 6.10 Å². The lowest BCUT2D eigenvalue weighted by Crippen LogP contribution is -2.19. The molecule has 1 atom stereocenters. The maximum Gasteiger partial charge on any atom is 0.0543 e. The third-order valence-corrected chi connectivity index (χ3v) is 3.51. The number of hydrogen-bond donors (Lipinski definition) is 0. The van der Waals surface area contributed by atoms with Gasteiger partial charge in [-0.1, -0.05) is 0 Å². The average molecular weight is 160 g/mol. The predicted octanol–water partition coefficient (Wildman–Crippen LogP) is 2.16. The van der Waals surface area contributed by atoms with E-state index in [1.165, 1.54) is 24.3 Å². The van der Waals surface area contributed by atoms with Crippen LogP contribution in [0.1, 0.15) is 19.8 Å². The Hall–Kier alpha value is 0.310. The molecule has 0 aromatic heterocycles. The molecule has 0 saturated carbocycles. The highest BCUT2D eigenvalue weighted by molar-refractivity contribution is 8.00. The van der Waals surface area contributed by atoms with E-state index >= 15 is 0 Å². The van der Waals surface area contributed by atoms with Crippen LogP contribution in [0.25, 0.3) is 0 Å². The summed E-state index contributed by atoms with van der Waals surface area (Å²) in [5.41, 5.74) is 0. The van der Waals surface area contributed by atoms with E-state index in [9.17, 15) is 0 Å². The Balaban J connectivity index is 1.93. The lowest BCUT2D eigenvalue weighted by molar-refractivity contribution is 0.106. The maximum absolute atomic E-state index is 5.16. The second-order valence-corrected chi connectivity index (χ2v) is 4.10. The summed E-state index contributed by atoms with van der Waals surface area (Å²) in [5.74, 6) is 3.77. The summed E-state index contributed by atoms with van der Waals surface area (Å²) < 4.78 is 5.16. The molecule has 10 heavy (non-hydrogen) atoms. The highest BCUT2D eigenvalue weighted by Gasteiger charge is 2.18. The number of thioether (sulfide) groups is 1. The molecule has 1 saturated heterocycles. The first-order chi connectivity index (χ1) is 4.83. The van der Waals surface area contributed by atoms with Gasteiger partial charge in [-0.15, -0.1) is 0 Å². The third-order valence-electron chi connectivity index (χ3n) is 2.09. The summed E-state index contributed by atoms with van der Waals surface area (Å²) in [5, 5.41) is 0. The SMILES string of the molecule is COC(C)CCC1CSC1. The first-order valence-corrected chi connectivity index (χ1v) is 5.09. The Morgan fingerprint density at radius 3 is 2.70 bits per heavy atom. The monoisotopic (exact) mass is 160 g/mol. The normalized spacial score (nSPS) is 22.2. The molecule has 0 aromatic carbocycles. The molecular weight excluding hydrogens is 144 g/mol. The van der Waals surface area contributed by atoms with E-state index in [-0.39, 0.29) is 0 Å². The Bertz CT molecular complexity index is 86.5. The highest BCUT2D eigenvalue weighted by Crippen LogP contribution is 2.28. The lowest BCUT2D eigenvalue weighted by Gasteiger charge is -2.25. The molecule has 0 bridgehead atoms. The van der Waals surface area contributed by atoms with E-state index in [1.807, 2.05) is 0 Å². The van der Waals surface area contributed by atoms with Gasteiger partial charge in [0.15, 0.2) is 0 Å². The minimum atomic E-state index is 0.464. The number of rotatable bonds is 4. The first kappa shape index (κ1) is 8.41. The van der Waals surface area contributed by atoms with Crippen molar-refractivity contribution in [2.75, 3.05) is 18.6 Å². The van der Waals surface area contributed by atoms with E-state index in [4.69, 9.17) is 4.74 Å². The molecular formula is C8H16OS. The fourth-order valence-corrected chi connectivity index (χ4v) is 1.94. The minimum Gasteiger partial charge on any atom is -0.382 e. The molecule has 1 rings (SSSR count). The summed E-state index contributed by atoms with van der Waals surface area (Å²) in [6, 6.07) is 0. The van der Waals surface area contributed by atoms with Crippen LogP contribution in [0, 0.1) is 5.92 Å². The van der Waals surface area contributed by atoms with Crippen LogP contribution in [-0.2, 0) is 4.74 Å². The van der Waals surface area contributed by atoms with Gasteiger partial charge >= 0.3 is 0 Å². The third kappa shape index (κ3) is 2.51. The van der Waals surface area contributed by atoms with Gasteiger partial charge in [-0.2, -0.15) is 11.8 Å². The largest absolute Gasteiger partial charge is 0.382 e. The molecule has 1 fully saturated rings. The van der Waals surface area contributed by atoms with Crippen LogP contribution in [0.4, 0.5) is 0 Å². The standard InChI is InChI=1S/C8H16OS/c1-7(9-2)3-4-8-5-10-6-8/h7-8H,3-6H2,1-2H3. The minimum absolute atomic E-state index is 0.464. The fraction of sp³-hybridized carbons (Fsp3) is 1.00. The molecule has 0 radical (unpaired) electrons. The van der Waals surface area contributed by atoms with Crippen molar-refractivity contribution in [3.05, 3.63) is 0 Å². The predicted molar refractivity (Wildman–Crippen MR) is 46.5 cm³/mol. The van der Waals surface area contributed by atoms with Crippen molar-refractivity contribution in [2.45, 2.75) is 25.9 Å². The van der Waals surface area contributed by atoms with Crippen LogP contribution in [0.15, 0.2) is 0 Å². The van der Waals surface area contributed by atoms with E-state index in [0.29, 0.717) is 6.10 Å². The van der Waals surface area contributed by atoms with Gasteiger partial charge in [-0.3, -0.25) is 0 Å². The topological polar surface area (TPSA) is 9.23 Å². The zero-order valence-electron chi connectivity index (χ0n) is 6.80. The lowest BCUT2D eigenvalue weighted by atomic mass is 10.0. The average Bonchev–Trinajstić information content (AvgIpc) is 1.84. The van der Waals surface area contributed by atoms with E-state index in [0.717, 1.165) is 5.92 Å². The Labute approximate surface area is 67.5 Å². The van der Waals surface area contributed by atoms with Gasteiger partial charge in [-0.25, -0.2) is 0 Å². The van der Waals surface area contributed by atoms with Gasteiger partial charge in [0.2, 0.25) is 0 Å². The summed E-state index contributed by atoms with van der Waals surface area (Å²) in [7, 11) is 1.79. The van der Waals surface area contributed by atoms with Crippen LogP contribution in [0.3, 0.4) is 0 Å². The van der Waals surface area contributed by atoms with Crippen molar-refractivity contribution in [2.24, 2.45) is 5.92 Å². The van der Waals surface area contributed by atoms with E-state index in [1.54, 1.807) is 7.11 Å². The van der Waals surface area contributed by atoms with Crippen LogP contribution >= 0.6 is 11.8 Å². The summed E-state index contributed by atoms with van der Waals surface area (Å²) in [4.78, 5) is 0. The summed E-state index contributed by atoms with van der Waals surface area (Å²) in [6.45, 7) is 2.14. The molecule has 2 heteroatoms. The van der Waals surface area contributed by atoms with Crippen molar-refractivity contribution in [3.63, 3.8) is 0 Å². The van der Waals surface area contributed by atoms with Crippen LogP contribution < -0.4 is 0 Å². The van der Waals surface area contributed by atoms with Crippen molar-refractivity contribution in [1.82, 2.24) is 0 Å². The first-order valence-electron chi connectivity index (χ1n) is 3.93. The van der Waals surface area contributed by atoms with Gasteiger partial charge < -0.3 is 4.74 Å². The number of ether oxygens (including phenoxy) is 1. The van der Waals surface area contributed by atoms with Gasteiger partial charge in [0.25, 0.3) is 0 Å². The van der Waals surface area contributed by atoms with Gasteiger partial charge in [-0.05, 0) is 37.2 Å². The zero-order chi connectivity index (χ0) is 7.40. The fourth-order valence-electron chi connectivity index (χ4n) is 1.04. The Morgan fingerprint density at radius 1 is 1.60 bits per heavy atom. The quantitative estimate of drug-likeness (QED) is 0.623. The van der Waals surface area contributed by atoms with Crippen molar-refractivity contribution in [3.8, 4) is 0 Å². The Morgan fingerprint density at radius 2 is 2.30 bits per heavy atom. The maximum atomic E-state index is 5.16. The van der Waals surface area contributed by atoms with Crippen LogP contribution in [0.5, 0.6) is 0 Å². The smallest absolute Gasteiger partial charge is 0.0543 e. The molecule has 0 aliphatic carbocycles. The van der Waals surface area contributed by atoms with Crippen LogP contribution in [-0.4, -0.2) is 24.7 Å². The summed E-state index contributed by atoms with van der Waals surface area (Å²) in [6.07, 6.45) is 3.06. The molecule has 60 valence electrons. The molecule has 1 heterocycles. The summed E-state index contributed by atoms with van der Waals surface area (Å²) >= 11 is 2.06. The number of hydrogen-bond acceptors (Lipinski definition) is 2. The zero-order valence-corrected chi connectivity index (χ0v) is 7.62. The second-order valence-electron chi connectivity index (χ2n) is 3.03. The molecule has 0 spiro atoms. The molecule has 1 aliphatic rings. The highest BCUT2D eigenvalue weighted by atomic mass is 32.2. The molecule has 1 unspecified atom stereocenters. The Kier molecular flexibility index (Phi) is 3.57. The molecule has 0 amide bonds. The van der Waals surface area contributed by atoms with Crippen molar-refractivity contribution in [1.29, 1.82) is 0 Å². The molecule has 1 nitrogen and oxygen atoms in total. The molecule has 0 N–H and O–H groups in total. The van der Waals surface area contributed by atoms with Gasteiger partial charge in [0.1, 0.15) is 0 Å². The van der Waals surface area contributed by atoms with E-state index in [2.05, 4.69) is 18.7 Å². The van der Waals surface area contributed by atoms with E-state index < -0.39 is 0 Å². The van der Waals surface area contributed by atoms with Crippen molar-refractivity contribution < 1.29 is 4.74 Å². The number of methoxy groups -OCH3 is 1. The molecule has 1 aliphatic heterocycles. The van der Waals surface area contributed by atoms with Crippen LogP contribution in [0.2, 0.25) is 0 Å². The van der Waals surface area contributed by atoms with Crippen molar-refractivity contribution >= 4 is 11.8 Å².